The van der Waals surface area contributed by atoms with Crippen LogP contribution in [0.5, 0.6) is 0 Å². The Morgan fingerprint density at radius 2 is 2.43 bits per heavy atom. The number of nitrogen functional groups attached to an aromatic ring is 1. The Kier molecular flexibility index (Phi) is 1.73. The molecule has 1 atom stereocenters. The fourth-order valence-corrected chi connectivity index (χ4v) is 1.67. The summed E-state index contributed by atoms with van der Waals surface area (Å²) in [5.74, 6) is -1.29. The number of aromatic nitrogens is 1. The fraction of sp³-hybridized carbons (Fsp3) is 0.500. The van der Waals surface area contributed by atoms with Crippen molar-refractivity contribution < 1.29 is 18.7 Å². The highest BCUT2D eigenvalue weighted by Gasteiger charge is 2.47. The van der Waals surface area contributed by atoms with Crippen LogP contribution in [-0.2, 0) is 16.9 Å². The molecule has 0 bridgehead atoms. The van der Waals surface area contributed by atoms with E-state index < -0.39 is 11.6 Å². The number of nitrogens with two attached hydrogens (primary N) is 1. The molecular formula is C8H9FN2O3. The molecule has 0 saturated carbocycles. The number of alkyl halides is 1. The van der Waals surface area contributed by atoms with Crippen LogP contribution in [0, 0.1) is 0 Å². The van der Waals surface area contributed by atoms with Crippen molar-refractivity contribution in [2.45, 2.75) is 24.9 Å². The van der Waals surface area contributed by atoms with Crippen LogP contribution in [0.15, 0.2) is 4.42 Å². The molecule has 2 rings (SSSR count). The van der Waals surface area contributed by atoms with Crippen molar-refractivity contribution in [1.29, 1.82) is 0 Å². The van der Waals surface area contributed by atoms with E-state index in [1.54, 1.807) is 0 Å². The first-order valence-electron chi connectivity index (χ1n) is 4.22. The molecule has 0 radical (unpaired) electrons. The maximum Gasteiger partial charge on any atom is 0.347 e. The molecule has 1 heterocycles. The molecule has 1 aromatic rings. The van der Waals surface area contributed by atoms with E-state index in [4.69, 9.17) is 15.3 Å². The Labute approximate surface area is 78.7 Å². The van der Waals surface area contributed by atoms with Crippen LogP contribution in [0.4, 0.5) is 10.4 Å². The number of halogens is 1. The van der Waals surface area contributed by atoms with E-state index in [1.807, 2.05) is 0 Å². The number of rotatable bonds is 1. The van der Waals surface area contributed by atoms with E-state index in [9.17, 15) is 9.18 Å². The van der Waals surface area contributed by atoms with Crippen molar-refractivity contribution in [2.24, 2.45) is 0 Å². The predicted octanol–water partition coefficient (Wildman–Crippen LogP) is 0.843. The van der Waals surface area contributed by atoms with Crippen LogP contribution in [0.1, 0.15) is 24.3 Å². The number of carboxylic acids is 1. The molecule has 0 saturated heterocycles. The molecule has 3 N–H and O–H groups in total. The third-order valence-electron chi connectivity index (χ3n) is 2.35. The normalized spacial score (nSPS) is 25.8. The summed E-state index contributed by atoms with van der Waals surface area (Å²) in [7, 11) is 0. The summed E-state index contributed by atoms with van der Waals surface area (Å²) in [5.41, 5.74) is 2.63. The first kappa shape index (κ1) is 8.98. The summed E-state index contributed by atoms with van der Waals surface area (Å²) < 4.78 is 18.8. The van der Waals surface area contributed by atoms with E-state index in [0.29, 0.717) is 12.8 Å². The molecule has 1 aromatic heterocycles. The zero-order valence-corrected chi connectivity index (χ0v) is 7.29. The molecule has 76 valence electrons. The Morgan fingerprint density at radius 3 is 3.07 bits per heavy atom. The van der Waals surface area contributed by atoms with Gasteiger partial charge in [-0.2, -0.15) is 4.98 Å². The maximum atomic E-state index is 13.9. The Bertz CT molecular complexity index is 390. The average molecular weight is 200 g/mol. The number of aryl methyl sites for hydroxylation is 1. The molecular weight excluding hydrogens is 191 g/mol. The van der Waals surface area contributed by atoms with Crippen LogP contribution in [0.2, 0.25) is 0 Å². The van der Waals surface area contributed by atoms with Gasteiger partial charge in [0.1, 0.15) is 11.5 Å². The standard InChI is InChI=1S/C8H9FN2O3/c9-8(6(12)13)3-1-2-4-5(8)11-7(10)14-4/h1-3H2,(H2,10,11)(H,12,13). The van der Waals surface area contributed by atoms with Crippen molar-refractivity contribution in [1.82, 2.24) is 4.98 Å². The molecule has 0 amide bonds. The zero-order chi connectivity index (χ0) is 10.3. The van der Waals surface area contributed by atoms with E-state index >= 15 is 0 Å². The van der Waals surface area contributed by atoms with E-state index in [-0.39, 0.29) is 23.9 Å². The van der Waals surface area contributed by atoms with Crippen LogP contribution < -0.4 is 5.73 Å². The highest BCUT2D eigenvalue weighted by Crippen LogP contribution is 2.39. The lowest BCUT2D eigenvalue weighted by Gasteiger charge is -2.22. The second kappa shape index (κ2) is 2.70. The van der Waals surface area contributed by atoms with Crippen LogP contribution in [0.25, 0.3) is 0 Å². The Morgan fingerprint density at radius 1 is 1.71 bits per heavy atom. The number of carboxylic acid groups (broad SMARTS) is 1. The Hall–Kier alpha value is -1.59. The van der Waals surface area contributed by atoms with Gasteiger partial charge in [0, 0.05) is 6.42 Å². The van der Waals surface area contributed by atoms with Gasteiger partial charge in [-0.15, -0.1) is 0 Å². The SMILES string of the molecule is Nc1nc2c(o1)CCCC2(F)C(=O)O. The molecule has 1 aliphatic carbocycles. The number of fused-ring (bicyclic) bond motifs is 1. The summed E-state index contributed by atoms with van der Waals surface area (Å²) in [6, 6.07) is -0.180. The first-order chi connectivity index (χ1) is 6.54. The summed E-state index contributed by atoms with van der Waals surface area (Å²) in [5, 5.41) is 8.76. The van der Waals surface area contributed by atoms with Crippen LogP contribution >= 0.6 is 0 Å². The van der Waals surface area contributed by atoms with Gasteiger partial charge in [0.2, 0.25) is 0 Å². The lowest BCUT2D eigenvalue weighted by molar-refractivity contribution is -0.153. The van der Waals surface area contributed by atoms with Gasteiger partial charge in [-0.3, -0.25) is 0 Å². The number of hydrogen-bond acceptors (Lipinski definition) is 4. The molecule has 0 aromatic carbocycles. The molecule has 0 spiro atoms. The topological polar surface area (TPSA) is 89.4 Å². The fourth-order valence-electron chi connectivity index (χ4n) is 1.67. The predicted molar refractivity (Wildman–Crippen MR) is 44.3 cm³/mol. The van der Waals surface area contributed by atoms with E-state index in [2.05, 4.69) is 4.98 Å². The zero-order valence-electron chi connectivity index (χ0n) is 7.29. The number of nitrogens with zero attached hydrogens (tertiary/aromatic N) is 1. The van der Waals surface area contributed by atoms with Gasteiger partial charge in [-0.25, -0.2) is 9.18 Å². The van der Waals surface area contributed by atoms with Crippen molar-refractivity contribution in [3.63, 3.8) is 0 Å². The van der Waals surface area contributed by atoms with Gasteiger partial charge < -0.3 is 15.3 Å². The number of oxazole rings is 1. The average Bonchev–Trinajstić information content (AvgIpc) is 2.47. The smallest absolute Gasteiger partial charge is 0.347 e. The minimum absolute atomic E-state index is 0.0820. The third kappa shape index (κ3) is 1.07. The minimum atomic E-state index is -2.44. The lowest BCUT2D eigenvalue weighted by atomic mass is 9.88. The van der Waals surface area contributed by atoms with Crippen LogP contribution in [0.3, 0.4) is 0 Å². The first-order valence-corrected chi connectivity index (χ1v) is 4.22. The molecule has 1 aliphatic rings. The second-order valence-corrected chi connectivity index (χ2v) is 3.28. The highest BCUT2D eigenvalue weighted by atomic mass is 19.1. The van der Waals surface area contributed by atoms with Crippen molar-refractivity contribution in [3.05, 3.63) is 11.5 Å². The lowest BCUT2D eigenvalue weighted by Crippen LogP contribution is -2.34. The summed E-state index contributed by atoms with van der Waals surface area (Å²) in [6.45, 7) is 0. The number of hydrogen-bond donors (Lipinski definition) is 2. The maximum absolute atomic E-state index is 13.9. The molecule has 14 heavy (non-hydrogen) atoms. The van der Waals surface area contributed by atoms with Crippen molar-refractivity contribution in [3.8, 4) is 0 Å². The van der Waals surface area contributed by atoms with E-state index in [1.165, 1.54) is 0 Å². The molecule has 5 nitrogen and oxygen atoms in total. The summed E-state index contributed by atoms with van der Waals surface area (Å²) >= 11 is 0. The number of aliphatic carboxylic acids is 1. The summed E-state index contributed by atoms with van der Waals surface area (Å²) in [6.07, 6.45) is 0.824. The quantitative estimate of drug-likeness (QED) is 0.701. The summed E-state index contributed by atoms with van der Waals surface area (Å²) in [4.78, 5) is 14.3. The highest BCUT2D eigenvalue weighted by molar-refractivity contribution is 5.79. The van der Waals surface area contributed by atoms with Crippen LogP contribution in [-0.4, -0.2) is 16.1 Å². The second-order valence-electron chi connectivity index (χ2n) is 3.28. The van der Waals surface area contributed by atoms with Crippen molar-refractivity contribution in [2.75, 3.05) is 5.73 Å². The minimum Gasteiger partial charge on any atom is -0.479 e. The van der Waals surface area contributed by atoms with Gasteiger partial charge in [0.25, 0.3) is 11.7 Å². The van der Waals surface area contributed by atoms with Crippen molar-refractivity contribution >= 4 is 12.0 Å². The van der Waals surface area contributed by atoms with Gasteiger partial charge in [-0.1, -0.05) is 0 Å². The van der Waals surface area contributed by atoms with Gasteiger partial charge >= 0.3 is 5.97 Å². The molecule has 1 unspecified atom stereocenters. The monoisotopic (exact) mass is 200 g/mol. The van der Waals surface area contributed by atoms with Gasteiger partial charge in [-0.05, 0) is 12.8 Å². The third-order valence-corrected chi connectivity index (χ3v) is 2.35. The molecule has 6 heteroatoms. The number of anilines is 1. The number of carbonyl (C=O) groups is 1. The Balaban J connectivity index is 2.54. The van der Waals surface area contributed by atoms with Gasteiger partial charge in [0.15, 0.2) is 0 Å². The van der Waals surface area contributed by atoms with Gasteiger partial charge in [0.05, 0.1) is 0 Å². The largest absolute Gasteiger partial charge is 0.479 e. The molecule has 0 fully saturated rings. The van der Waals surface area contributed by atoms with E-state index in [0.717, 1.165) is 0 Å². The molecule has 0 aliphatic heterocycles.